The highest BCUT2D eigenvalue weighted by Gasteiger charge is 2.17. The Hall–Kier alpha value is -4.65. The first-order valence-corrected chi connectivity index (χ1v) is 10.6. The van der Waals surface area contributed by atoms with Crippen molar-refractivity contribution in [2.75, 3.05) is 6.79 Å². The van der Waals surface area contributed by atoms with Crippen LogP contribution < -0.4 is 19.6 Å². The third-order valence-electron chi connectivity index (χ3n) is 5.38. The van der Waals surface area contributed by atoms with Gasteiger partial charge in [0.15, 0.2) is 11.5 Å². The molecule has 7 nitrogen and oxygen atoms in total. The summed E-state index contributed by atoms with van der Waals surface area (Å²) in [6, 6.07) is 23.3. The summed E-state index contributed by atoms with van der Waals surface area (Å²) >= 11 is 0. The van der Waals surface area contributed by atoms with E-state index < -0.39 is 11.9 Å². The van der Waals surface area contributed by atoms with E-state index in [2.05, 4.69) is 10.5 Å². The molecule has 1 heterocycles. The van der Waals surface area contributed by atoms with Crippen LogP contribution in [0.25, 0.3) is 10.8 Å². The fourth-order valence-electron chi connectivity index (χ4n) is 3.69. The summed E-state index contributed by atoms with van der Waals surface area (Å²) in [4.78, 5) is 25.3. The summed E-state index contributed by atoms with van der Waals surface area (Å²) in [5.41, 5.74) is 4.88. The first-order valence-electron chi connectivity index (χ1n) is 10.6. The zero-order valence-electron chi connectivity index (χ0n) is 18.3. The minimum Gasteiger partial charge on any atom is -0.454 e. The number of esters is 1. The summed E-state index contributed by atoms with van der Waals surface area (Å²) in [6.07, 6.45) is 1.48. The van der Waals surface area contributed by atoms with Crippen LogP contribution in [0.3, 0.4) is 0 Å². The number of nitrogens with one attached hydrogen (secondary N) is 1. The van der Waals surface area contributed by atoms with E-state index in [-0.39, 0.29) is 6.79 Å². The number of ether oxygens (including phenoxy) is 3. The van der Waals surface area contributed by atoms with E-state index in [1.165, 1.54) is 6.21 Å². The molecule has 168 valence electrons. The molecule has 0 aromatic heterocycles. The van der Waals surface area contributed by atoms with Crippen molar-refractivity contribution in [1.29, 1.82) is 0 Å². The second kappa shape index (κ2) is 9.07. The Balaban J connectivity index is 1.41. The quantitative estimate of drug-likeness (QED) is 0.202. The minimum atomic E-state index is -0.474. The molecule has 0 spiro atoms. The van der Waals surface area contributed by atoms with Gasteiger partial charge in [-0.2, -0.15) is 5.10 Å². The van der Waals surface area contributed by atoms with Gasteiger partial charge in [-0.15, -0.1) is 0 Å². The number of nitrogens with zero attached hydrogens (tertiary/aromatic N) is 1. The molecule has 34 heavy (non-hydrogen) atoms. The Kier molecular flexibility index (Phi) is 5.66. The molecule has 0 saturated heterocycles. The highest BCUT2D eigenvalue weighted by atomic mass is 16.7. The van der Waals surface area contributed by atoms with Crippen LogP contribution in [0.5, 0.6) is 17.2 Å². The van der Waals surface area contributed by atoms with Gasteiger partial charge in [-0.25, -0.2) is 10.2 Å². The average molecular weight is 452 g/mol. The average Bonchev–Trinajstić information content (AvgIpc) is 3.33. The predicted molar refractivity (Wildman–Crippen MR) is 128 cm³/mol. The first kappa shape index (κ1) is 21.2. The molecule has 0 fully saturated rings. The van der Waals surface area contributed by atoms with Crippen LogP contribution >= 0.6 is 0 Å². The fourth-order valence-corrected chi connectivity index (χ4v) is 3.69. The van der Waals surface area contributed by atoms with E-state index in [4.69, 9.17) is 14.2 Å². The maximum absolute atomic E-state index is 12.8. The molecule has 4 aromatic rings. The lowest BCUT2D eigenvalue weighted by Gasteiger charge is -2.11. The molecule has 1 amide bonds. The van der Waals surface area contributed by atoms with Crippen LogP contribution in [0.2, 0.25) is 0 Å². The van der Waals surface area contributed by atoms with Gasteiger partial charge in [-0.1, -0.05) is 48.0 Å². The molecule has 1 aliphatic rings. The van der Waals surface area contributed by atoms with Crippen molar-refractivity contribution in [2.24, 2.45) is 5.10 Å². The molecule has 5 rings (SSSR count). The van der Waals surface area contributed by atoms with Gasteiger partial charge in [0.2, 0.25) is 6.79 Å². The molecular weight excluding hydrogens is 432 g/mol. The van der Waals surface area contributed by atoms with Crippen LogP contribution in [0.1, 0.15) is 31.8 Å². The van der Waals surface area contributed by atoms with Gasteiger partial charge in [-0.05, 0) is 54.1 Å². The Morgan fingerprint density at radius 3 is 2.65 bits per heavy atom. The van der Waals surface area contributed by atoms with Gasteiger partial charge in [0.25, 0.3) is 5.91 Å². The van der Waals surface area contributed by atoms with Crippen LogP contribution in [-0.2, 0) is 0 Å². The number of fused-ring (bicyclic) bond motifs is 2. The number of aryl methyl sites for hydroxylation is 1. The fraction of sp³-hybridized carbons (Fsp3) is 0.0741. The summed E-state index contributed by atoms with van der Waals surface area (Å²) in [6.45, 7) is 2.04. The number of amides is 1. The van der Waals surface area contributed by atoms with Gasteiger partial charge in [0.05, 0.1) is 11.8 Å². The second-order valence-corrected chi connectivity index (χ2v) is 7.72. The molecule has 0 bridgehead atoms. The number of carbonyl (C=O) groups is 2. The largest absolute Gasteiger partial charge is 0.454 e. The zero-order chi connectivity index (χ0) is 23.5. The molecule has 0 atom stereocenters. The van der Waals surface area contributed by atoms with Gasteiger partial charge in [-0.3, -0.25) is 4.79 Å². The molecule has 1 aliphatic heterocycles. The summed E-state index contributed by atoms with van der Waals surface area (Å²) in [7, 11) is 0. The molecule has 1 N–H and O–H groups in total. The highest BCUT2D eigenvalue weighted by molar-refractivity contribution is 6.04. The van der Waals surface area contributed by atoms with Gasteiger partial charge < -0.3 is 14.2 Å². The summed E-state index contributed by atoms with van der Waals surface area (Å²) in [5, 5.41) is 5.91. The predicted octanol–water partition coefficient (Wildman–Crippen LogP) is 4.86. The third kappa shape index (κ3) is 4.31. The van der Waals surface area contributed by atoms with Crippen LogP contribution in [0.15, 0.2) is 84.0 Å². The SMILES string of the molecule is Cc1cccc(C(=O)Oc2ccc3ccccc3c2/C=N\NC(=O)c2ccc3c(c2)OCO3)c1. The molecule has 0 unspecified atom stereocenters. The van der Waals surface area contributed by atoms with E-state index in [1.807, 2.05) is 43.3 Å². The van der Waals surface area contributed by atoms with Gasteiger partial charge in [0, 0.05) is 11.1 Å². The first-order chi connectivity index (χ1) is 16.6. The Labute approximate surface area is 195 Å². The molecule has 0 radical (unpaired) electrons. The van der Waals surface area contributed by atoms with Crippen molar-refractivity contribution in [3.8, 4) is 17.2 Å². The molecule has 7 heteroatoms. The van der Waals surface area contributed by atoms with Crippen molar-refractivity contribution >= 4 is 28.9 Å². The second-order valence-electron chi connectivity index (χ2n) is 7.72. The van der Waals surface area contributed by atoms with Gasteiger partial charge in [0.1, 0.15) is 5.75 Å². The lowest BCUT2D eigenvalue weighted by atomic mass is 10.0. The van der Waals surface area contributed by atoms with Crippen molar-refractivity contribution in [2.45, 2.75) is 6.92 Å². The number of rotatable bonds is 5. The Morgan fingerprint density at radius 1 is 0.912 bits per heavy atom. The number of hydrogen-bond acceptors (Lipinski definition) is 6. The lowest BCUT2D eigenvalue weighted by Crippen LogP contribution is -2.17. The Bertz CT molecular complexity index is 1440. The van der Waals surface area contributed by atoms with Gasteiger partial charge >= 0.3 is 5.97 Å². The van der Waals surface area contributed by atoms with E-state index >= 15 is 0 Å². The number of carbonyl (C=O) groups excluding carboxylic acids is 2. The van der Waals surface area contributed by atoms with E-state index in [0.29, 0.717) is 33.9 Å². The number of hydrazone groups is 1. The maximum atomic E-state index is 12.8. The monoisotopic (exact) mass is 452 g/mol. The minimum absolute atomic E-state index is 0.129. The molecule has 0 saturated carbocycles. The van der Waals surface area contributed by atoms with E-state index in [1.54, 1.807) is 42.5 Å². The standard InChI is InChI=1S/C27H20N2O5/c1-17-5-4-7-20(13-17)27(31)34-23-11-9-18-6-2-3-8-21(18)22(23)15-28-29-26(30)19-10-12-24-25(14-19)33-16-32-24/h2-15H,16H2,1H3,(H,29,30)/b28-15-. The van der Waals surface area contributed by atoms with Crippen molar-refractivity contribution in [1.82, 2.24) is 5.43 Å². The number of benzene rings is 4. The van der Waals surface area contributed by atoms with Crippen molar-refractivity contribution in [3.05, 3.63) is 101 Å². The molecule has 0 aliphatic carbocycles. The topological polar surface area (TPSA) is 86.2 Å². The smallest absolute Gasteiger partial charge is 0.343 e. The van der Waals surface area contributed by atoms with Crippen LogP contribution in [0, 0.1) is 6.92 Å². The van der Waals surface area contributed by atoms with Crippen LogP contribution in [-0.4, -0.2) is 24.9 Å². The van der Waals surface area contributed by atoms with E-state index in [9.17, 15) is 9.59 Å². The lowest BCUT2D eigenvalue weighted by molar-refractivity contribution is 0.0734. The normalized spacial score (nSPS) is 12.1. The van der Waals surface area contributed by atoms with E-state index in [0.717, 1.165) is 16.3 Å². The highest BCUT2D eigenvalue weighted by Crippen LogP contribution is 2.32. The third-order valence-corrected chi connectivity index (χ3v) is 5.38. The number of hydrogen-bond donors (Lipinski definition) is 1. The van der Waals surface area contributed by atoms with Crippen molar-refractivity contribution in [3.63, 3.8) is 0 Å². The molecular formula is C27H20N2O5. The Morgan fingerprint density at radius 2 is 1.76 bits per heavy atom. The summed E-state index contributed by atoms with van der Waals surface area (Å²) < 4.78 is 16.3. The maximum Gasteiger partial charge on any atom is 0.343 e. The summed E-state index contributed by atoms with van der Waals surface area (Å²) in [5.74, 6) is 0.560. The zero-order valence-corrected chi connectivity index (χ0v) is 18.3. The molecule has 4 aromatic carbocycles. The van der Waals surface area contributed by atoms with Crippen molar-refractivity contribution < 1.29 is 23.8 Å². The van der Waals surface area contributed by atoms with Crippen LogP contribution in [0.4, 0.5) is 0 Å².